The maximum atomic E-state index is 14.5. The third-order valence-electron chi connectivity index (χ3n) is 12.2. The summed E-state index contributed by atoms with van der Waals surface area (Å²) in [5.41, 5.74) is -3.77. The molecule has 0 spiro atoms. The van der Waals surface area contributed by atoms with Crippen LogP contribution in [-0.2, 0) is 24.4 Å². The van der Waals surface area contributed by atoms with Crippen molar-refractivity contribution in [3.8, 4) is 5.75 Å². The van der Waals surface area contributed by atoms with Crippen LogP contribution < -0.4 is 4.74 Å². The van der Waals surface area contributed by atoms with E-state index >= 15 is 0 Å². The van der Waals surface area contributed by atoms with Crippen molar-refractivity contribution in [1.82, 2.24) is 0 Å². The van der Waals surface area contributed by atoms with Gasteiger partial charge < -0.3 is 9.47 Å². The van der Waals surface area contributed by atoms with Gasteiger partial charge in [-0.1, -0.05) is 66.7 Å². The second kappa shape index (κ2) is 11.8. The van der Waals surface area contributed by atoms with Crippen LogP contribution in [0, 0.1) is 29.1 Å². The van der Waals surface area contributed by atoms with E-state index in [0.29, 0.717) is 59.3 Å². The molecule has 14 heteroatoms. The fourth-order valence-electron chi connectivity index (χ4n) is 10.7. The molecule has 0 aromatic heterocycles. The molecule has 0 amide bonds. The van der Waals surface area contributed by atoms with Gasteiger partial charge in [-0.25, -0.2) is 0 Å². The average Bonchev–Trinajstić information content (AvgIpc) is 3.05. The first-order valence-corrected chi connectivity index (χ1v) is 18.8. The first kappa shape index (κ1) is 35.1. The Bertz CT molecular complexity index is 1960. The van der Waals surface area contributed by atoms with Crippen molar-refractivity contribution in [3.05, 3.63) is 101 Å². The normalized spacial score (nSPS) is 30.4. The summed E-state index contributed by atoms with van der Waals surface area (Å²) in [7, 11) is -6.01. The van der Waals surface area contributed by atoms with E-state index in [1.165, 1.54) is 12.1 Å². The third-order valence-corrected chi connectivity index (χ3v) is 13.0. The van der Waals surface area contributed by atoms with Crippen LogP contribution in [0.4, 0.5) is 26.3 Å². The molecule has 52 heavy (non-hydrogen) atoms. The quantitative estimate of drug-likeness (QED) is 0.113. The van der Waals surface area contributed by atoms with Gasteiger partial charge in [0.2, 0.25) is 0 Å². The zero-order chi connectivity index (χ0) is 37.0. The Morgan fingerprint density at radius 3 is 1.56 bits per heavy atom. The Morgan fingerprint density at radius 1 is 0.692 bits per heavy atom. The van der Waals surface area contributed by atoms with Crippen LogP contribution >= 0.6 is 0 Å². The number of ether oxygens (including phenoxy) is 2. The maximum absolute atomic E-state index is 14.5. The van der Waals surface area contributed by atoms with E-state index in [4.69, 9.17) is 4.74 Å². The predicted molar refractivity (Wildman–Crippen MR) is 173 cm³/mol. The van der Waals surface area contributed by atoms with Crippen molar-refractivity contribution in [3.63, 3.8) is 0 Å². The average molecular weight is 749 g/mol. The molecular weight excluding hydrogens is 714 g/mol. The van der Waals surface area contributed by atoms with Crippen LogP contribution in [0.3, 0.4) is 0 Å². The summed E-state index contributed by atoms with van der Waals surface area (Å²) < 4.78 is 130. The van der Waals surface area contributed by atoms with Gasteiger partial charge in [0.1, 0.15) is 11.5 Å². The number of benzene rings is 3. The molecule has 7 aliphatic carbocycles. The van der Waals surface area contributed by atoms with Crippen molar-refractivity contribution in [2.75, 3.05) is 5.75 Å². The highest BCUT2D eigenvalue weighted by molar-refractivity contribution is 7.85. The number of carbonyl (C=O) groups is 2. The molecule has 3 aromatic rings. The number of halogens is 6. The second-order valence-electron chi connectivity index (χ2n) is 15.4. The van der Waals surface area contributed by atoms with E-state index < -0.39 is 74.8 Å². The number of carbonyl (C=O) groups excluding carboxylic acids is 2. The molecule has 7 aliphatic rings. The Morgan fingerprint density at radius 2 is 1.12 bits per heavy atom. The molecule has 10 rings (SSSR count). The van der Waals surface area contributed by atoms with Crippen molar-refractivity contribution in [2.45, 2.75) is 74.2 Å². The van der Waals surface area contributed by atoms with Crippen LogP contribution in [0.15, 0.2) is 72.8 Å². The number of fused-ring (bicyclic) bond motifs is 1. The summed E-state index contributed by atoms with van der Waals surface area (Å²) >= 11 is 0. The number of esters is 2. The number of para-hydroxylation sites is 1. The van der Waals surface area contributed by atoms with Gasteiger partial charge in [0.05, 0.1) is 11.3 Å². The molecule has 2 unspecified atom stereocenters. The fraction of sp³-hybridized carbons (Fsp3) is 0.474. The van der Waals surface area contributed by atoms with Crippen LogP contribution in [0.2, 0.25) is 0 Å². The van der Waals surface area contributed by atoms with Crippen LogP contribution in [0.1, 0.15) is 84.1 Å². The van der Waals surface area contributed by atoms with Gasteiger partial charge in [-0.15, -0.1) is 0 Å². The van der Waals surface area contributed by atoms with Crippen molar-refractivity contribution in [2.24, 2.45) is 29.1 Å². The molecule has 0 heterocycles. The highest BCUT2D eigenvalue weighted by Crippen LogP contribution is 2.64. The first-order valence-electron chi connectivity index (χ1n) is 17.2. The summed E-state index contributed by atoms with van der Waals surface area (Å²) in [5, 5.41) is 0. The van der Waals surface area contributed by atoms with Gasteiger partial charge in [-0.2, -0.15) is 34.8 Å². The third kappa shape index (κ3) is 5.45. The van der Waals surface area contributed by atoms with Crippen LogP contribution in [0.5, 0.6) is 5.75 Å². The predicted octanol–water partition coefficient (Wildman–Crippen LogP) is 8.09. The molecule has 0 aliphatic heterocycles. The number of hydrogen-bond donors (Lipinski definition) is 1. The Balaban J connectivity index is 1.27. The lowest BCUT2D eigenvalue weighted by Gasteiger charge is -2.55. The molecule has 0 radical (unpaired) electrons. The first-order chi connectivity index (χ1) is 24.4. The van der Waals surface area contributed by atoms with E-state index in [2.05, 4.69) is 4.74 Å². The zero-order valence-corrected chi connectivity index (χ0v) is 28.3. The molecule has 3 aromatic carbocycles. The SMILES string of the molecule is O=C(OC(CS(=O)(=O)O)(C(F)(F)F)C(F)(F)F)C1C2c3ccccc3C(c3ccccc32)C1c1ccccc1OC(=O)C12CC3CC(CC(C3)C1)C2. The largest absolute Gasteiger partial charge is 0.438 e. The van der Waals surface area contributed by atoms with E-state index in [-0.39, 0.29) is 11.3 Å². The lowest BCUT2D eigenvalue weighted by atomic mass is 9.49. The summed E-state index contributed by atoms with van der Waals surface area (Å²) in [5.74, 6) is -9.10. The smallest absolute Gasteiger partial charge is 0.438 e. The van der Waals surface area contributed by atoms with Crippen molar-refractivity contribution < 1.29 is 58.4 Å². The molecule has 6 bridgehead atoms. The van der Waals surface area contributed by atoms with Gasteiger partial charge in [0.15, 0.2) is 0 Å². The van der Waals surface area contributed by atoms with E-state index in [1.807, 2.05) is 0 Å². The minimum atomic E-state index is -6.50. The number of alkyl halides is 6. The fourth-order valence-corrected chi connectivity index (χ4v) is 11.6. The molecule has 4 fully saturated rings. The molecule has 0 saturated heterocycles. The molecule has 4 saturated carbocycles. The Hall–Kier alpha value is -3.91. The van der Waals surface area contributed by atoms with Gasteiger partial charge in [0.25, 0.3) is 10.1 Å². The topological polar surface area (TPSA) is 107 Å². The second-order valence-corrected chi connectivity index (χ2v) is 16.8. The molecule has 1 N–H and O–H groups in total. The van der Waals surface area contributed by atoms with Crippen molar-refractivity contribution in [1.29, 1.82) is 0 Å². The van der Waals surface area contributed by atoms with E-state index in [1.54, 1.807) is 60.7 Å². The molecule has 2 atom stereocenters. The van der Waals surface area contributed by atoms with Gasteiger partial charge in [-0.3, -0.25) is 14.1 Å². The minimum Gasteiger partial charge on any atom is -0.438 e. The van der Waals surface area contributed by atoms with Crippen molar-refractivity contribution >= 4 is 22.1 Å². The highest BCUT2D eigenvalue weighted by Gasteiger charge is 2.76. The molecule has 276 valence electrons. The molecule has 7 nitrogen and oxygen atoms in total. The Kier molecular flexibility index (Phi) is 7.97. The van der Waals surface area contributed by atoms with E-state index in [0.717, 1.165) is 19.3 Å². The summed E-state index contributed by atoms with van der Waals surface area (Å²) in [6.45, 7) is 0. The minimum absolute atomic E-state index is 0.0319. The molecular formula is C38H34F6O7S. The van der Waals surface area contributed by atoms with E-state index in [9.17, 15) is 48.9 Å². The maximum Gasteiger partial charge on any atom is 0.438 e. The van der Waals surface area contributed by atoms with Gasteiger partial charge in [0, 0.05) is 17.8 Å². The van der Waals surface area contributed by atoms with Crippen LogP contribution in [0.25, 0.3) is 0 Å². The zero-order valence-electron chi connectivity index (χ0n) is 27.5. The summed E-state index contributed by atoms with van der Waals surface area (Å²) in [4.78, 5) is 28.5. The number of rotatable bonds is 7. The standard InChI is InChI=1S/C38H34F6O7S/c39-37(40,41)36(38(42,43)44,19-52(47,48)49)51-33(45)32-30-25-9-3-1-7-23(25)29(24-8-2-4-10-26(24)30)31(32)27-11-5-6-12-28(27)50-34(46)35-16-20-13-21(17-35)15-22(14-20)18-35/h1-12,20-22,29-32H,13-19H2,(H,47,48,49). The lowest BCUT2D eigenvalue weighted by Crippen LogP contribution is -2.64. The van der Waals surface area contributed by atoms with Gasteiger partial charge >= 0.3 is 29.9 Å². The summed E-state index contributed by atoms with van der Waals surface area (Å²) in [6, 6.07) is 19.8. The highest BCUT2D eigenvalue weighted by atomic mass is 32.2. The van der Waals surface area contributed by atoms with Gasteiger partial charge in [-0.05, 0) is 90.2 Å². The lowest BCUT2D eigenvalue weighted by molar-refractivity contribution is -0.362. The van der Waals surface area contributed by atoms with Crippen LogP contribution in [-0.4, -0.2) is 48.6 Å². The monoisotopic (exact) mass is 748 g/mol. The Labute approximate surface area is 295 Å². The number of hydrogen-bond acceptors (Lipinski definition) is 6. The summed E-state index contributed by atoms with van der Waals surface area (Å²) in [6.07, 6.45) is -7.79.